The largest absolute Gasteiger partial charge is 0.456 e. The molecule has 158 valence electrons. The SMILES string of the molecule is Cn1cc(-c2nc(C(=O)OCc3cn(-c4ccccc4)nc3-c3ccccc3)cs2)cn1. The maximum Gasteiger partial charge on any atom is 0.358 e. The molecular formula is C24H19N5O2S. The first kappa shape index (κ1) is 19.9. The summed E-state index contributed by atoms with van der Waals surface area (Å²) >= 11 is 1.39. The van der Waals surface area contributed by atoms with E-state index in [0.717, 1.165) is 33.1 Å². The molecule has 0 N–H and O–H groups in total. The highest BCUT2D eigenvalue weighted by molar-refractivity contribution is 7.13. The van der Waals surface area contributed by atoms with Gasteiger partial charge in [-0.2, -0.15) is 10.2 Å². The van der Waals surface area contributed by atoms with Gasteiger partial charge in [0, 0.05) is 41.5 Å². The van der Waals surface area contributed by atoms with Gasteiger partial charge >= 0.3 is 5.97 Å². The fraction of sp³-hybridized carbons (Fsp3) is 0.0833. The van der Waals surface area contributed by atoms with E-state index in [9.17, 15) is 4.79 Å². The quantitative estimate of drug-likeness (QED) is 0.355. The monoisotopic (exact) mass is 441 g/mol. The smallest absolute Gasteiger partial charge is 0.358 e. The zero-order valence-corrected chi connectivity index (χ0v) is 18.1. The number of nitrogens with zero attached hydrogens (tertiary/aromatic N) is 5. The lowest BCUT2D eigenvalue weighted by Crippen LogP contribution is -2.06. The molecular weight excluding hydrogens is 422 g/mol. The third-order valence-electron chi connectivity index (χ3n) is 4.88. The molecule has 0 amide bonds. The number of ether oxygens (including phenoxy) is 1. The summed E-state index contributed by atoms with van der Waals surface area (Å²) in [6.45, 7) is 0.0929. The van der Waals surface area contributed by atoms with E-state index in [-0.39, 0.29) is 12.3 Å². The van der Waals surface area contributed by atoms with Gasteiger partial charge in [0.05, 0.1) is 17.6 Å². The Labute approximate surface area is 188 Å². The molecule has 0 radical (unpaired) electrons. The van der Waals surface area contributed by atoms with E-state index in [1.807, 2.05) is 80.1 Å². The van der Waals surface area contributed by atoms with Crippen molar-refractivity contribution in [2.45, 2.75) is 6.61 Å². The van der Waals surface area contributed by atoms with Crippen molar-refractivity contribution in [1.29, 1.82) is 0 Å². The van der Waals surface area contributed by atoms with Gasteiger partial charge in [0.2, 0.25) is 0 Å². The highest BCUT2D eigenvalue weighted by Crippen LogP contribution is 2.26. The molecule has 32 heavy (non-hydrogen) atoms. The molecule has 0 aliphatic rings. The van der Waals surface area contributed by atoms with Crippen LogP contribution in [0.1, 0.15) is 16.1 Å². The van der Waals surface area contributed by atoms with Crippen molar-refractivity contribution in [2.75, 3.05) is 0 Å². The average Bonchev–Trinajstić information content (AvgIpc) is 3.58. The Kier molecular flexibility index (Phi) is 5.35. The van der Waals surface area contributed by atoms with E-state index in [0.29, 0.717) is 0 Å². The number of esters is 1. The Morgan fingerprint density at radius 3 is 2.47 bits per heavy atom. The second kappa shape index (κ2) is 8.60. The van der Waals surface area contributed by atoms with Crippen LogP contribution in [-0.2, 0) is 18.4 Å². The summed E-state index contributed by atoms with van der Waals surface area (Å²) in [5.41, 5.74) is 4.63. The molecule has 0 saturated heterocycles. The van der Waals surface area contributed by atoms with Gasteiger partial charge in [0.25, 0.3) is 0 Å². The molecule has 2 aromatic carbocycles. The summed E-state index contributed by atoms with van der Waals surface area (Å²) in [5, 5.41) is 11.3. The van der Waals surface area contributed by atoms with Gasteiger partial charge in [-0.05, 0) is 12.1 Å². The number of rotatable bonds is 6. The van der Waals surface area contributed by atoms with E-state index in [2.05, 4.69) is 10.1 Å². The van der Waals surface area contributed by atoms with E-state index < -0.39 is 5.97 Å². The summed E-state index contributed by atoms with van der Waals surface area (Å²) in [6.07, 6.45) is 5.48. The Morgan fingerprint density at radius 1 is 1.00 bits per heavy atom. The number of carbonyl (C=O) groups is 1. The molecule has 0 aliphatic heterocycles. The molecule has 8 heteroatoms. The van der Waals surface area contributed by atoms with Crippen LogP contribution in [0, 0.1) is 0 Å². The summed E-state index contributed by atoms with van der Waals surface area (Å²) in [5.74, 6) is -0.470. The topological polar surface area (TPSA) is 74.8 Å². The van der Waals surface area contributed by atoms with Crippen molar-refractivity contribution in [3.05, 3.63) is 95.9 Å². The van der Waals surface area contributed by atoms with Gasteiger partial charge in [-0.1, -0.05) is 48.5 Å². The van der Waals surface area contributed by atoms with Crippen molar-refractivity contribution in [2.24, 2.45) is 7.05 Å². The zero-order valence-electron chi connectivity index (χ0n) is 17.3. The molecule has 0 aliphatic carbocycles. The minimum absolute atomic E-state index is 0.0929. The van der Waals surface area contributed by atoms with Crippen LogP contribution in [0.2, 0.25) is 0 Å². The van der Waals surface area contributed by atoms with Crippen molar-refractivity contribution in [3.8, 4) is 27.5 Å². The minimum Gasteiger partial charge on any atom is -0.456 e. The predicted octanol–water partition coefficient (Wildman–Crippen LogP) is 4.75. The molecule has 0 spiro atoms. The molecule has 7 nitrogen and oxygen atoms in total. The van der Waals surface area contributed by atoms with Crippen LogP contribution in [0.15, 0.2) is 84.6 Å². The van der Waals surface area contributed by atoms with Crippen molar-refractivity contribution in [3.63, 3.8) is 0 Å². The van der Waals surface area contributed by atoms with E-state index in [4.69, 9.17) is 9.84 Å². The van der Waals surface area contributed by atoms with E-state index in [1.54, 1.807) is 20.9 Å². The normalized spacial score (nSPS) is 10.9. The Balaban J connectivity index is 1.38. The van der Waals surface area contributed by atoms with Gasteiger partial charge in [-0.25, -0.2) is 14.5 Å². The Bertz CT molecular complexity index is 1360. The number of benzene rings is 2. The summed E-state index contributed by atoms with van der Waals surface area (Å²) in [4.78, 5) is 17.1. The maximum absolute atomic E-state index is 12.7. The predicted molar refractivity (Wildman–Crippen MR) is 122 cm³/mol. The second-order valence-electron chi connectivity index (χ2n) is 7.17. The first-order valence-electron chi connectivity index (χ1n) is 9.98. The molecule has 0 fully saturated rings. The van der Waals surface area contributed by atoms with E-state index >= 15 is 0 Å². The number of hydrogen-bond acceptors (Lipinski definition) is 6. The summed E-state index contributed by atoms with van der Waals surface area (Å²) in [6, 6.07) is 19.7. The molecule has 0 atom stereocenters. The van der Waals surface area contributed by atoms with E-state index in [1.165, 1.54) is 11.3 Å². The molecule has 3 heterocycles. The lowest BCUT2D eigenvalue weighted by molar-refractivity contribution is 0.0467. The van der Waals surface area contributed by atoms with Gasteiger partial charge in [-0.15, -0.1) is 11.3 Å². The van der Waals surface area contributed by atoms with Gasteiger partial charge in [-0.3, -0.25) is 4.68 Å². The van der Waals surface area contributed by atoms with Crippen LogP contribution >= 0.6 is 11.3 Å². The summed E-state index contributed by atoms with van der Waals surface area (Å²) < 4.78 is 9.11. The number of aryl methyl sites for hydroxylation is 1. The molecule has 5 rings (SSSR count). The lowest BCUT2D eigenvalue weighted by Gasteiger charge is -2.04. The number of thiazole rings is 1. The highest BCUT2D eigenvalue weighted by Gasteiger charge is 2.17. The van der Waals surface area contributed by atoms with Crippen LogP contribution < -0.4 is 0 Å². The van der Waals surface area contributed by atoms with Crippen LogP contribution in [0.25, 0.3) is 27.5 Å². The van der Waals surface area contributed by atoms with Crippen LogP contribution in [0.4, 0.5) is 0 Å². The van der Waals surface area contributed by atoms with Crippen LogP contribution in [0.3, 0.4) is 0 Å². The van der Waals surface area contributed by atoms with Gasteiger partial charge in [0.15, 0.2) is 5.69 Å². The third kappa shape index (κ3) is 4.08. The summed E-state index contributed by atoms with van der Waals surface area (Å²) in [7, 11) is 1.84. The fourth-order valence-corrected chi connectivity index (χ4v) is 4.08. The fourth-order valence-electron chi connectivity index (χ4n) is 3.32. The zero-order chi connectivity index (χ0) is 21.9. The Hall–Kier alpha value is -4.04. The number of aromatic nitrogens is 5. The van der Waals surface area contributed by atoms with Crippen LogP contribution in [-0.4, -0.2) is 30.5 Å². The van der Waals surface area contributed by atoms with Gasteiger partial charge in [0.1, 0.15) is 11.6 Å². The number of para-hydroxylation sites is 1. The number of carbonyl (C=O) groups excluding carboxylic acids is 1. The minimum atomic E-state index is -0.470. The molecule has 0 bridgehead atoms. The molecule has 0 unspecified atom stereocenters. The third-order valence-corrected chi connectivity index (χ3v) is 5.77. The molecule has 3 aromatic heterocycles. The van der Waals surface area contributed by atoms with Crippen LogP contribution in [0.5, 0.6) is 0 Å². The van der Waals surface area contributed by atoms with Crippen molar-refractivity contribution >= 4 is 17.3 Å². The van der Waals surface area contributed by atoms with Crippen molar-refractivity contribution in [1.82, 2.24) is 24.5 Å². The first-order chi connectivity index (χ1) is 15.7. The molecule has 0 saturated carbocycles. The Morgan fingerprint density at radius 2 is 1.75 bits per heavy atom. The average molecular weight is 442 g/mol. The standard InChI is InChI=1S/C24H19N5O2S/c1-28-13-18(12-25-28)23-26-21(16-32-23)24(30)31-15-19-14-29(20-10-6-3-7-11-20)27-22(19)17-8-4-2-5-9-17/h2-14,16H,15H2,1H3. The van der Waals surface area contributed by atoms with Gasteiger partial charge < -0.3 is 4.74 Å². The number of hydrogen-bond donors (Lipinski definition) is 0. The first-order valence-corrected chi connectivity index (χ1v) is 10.9. The lowest BCUT2D eigenvalue weighted by atomic mass is 10.1. The van der Waals surface area contributed by atoms with Crippen molar-refractivity contribution < 1.29 is 9.53 Å². The highest BCUT2D eigenvalue weighted by atomic mass is 32.1. The maximum atomic E-state index is 12.7. The second-order valence-corrected chi connectivity index (χ2v) is 8.02. The molecule has 5 aromatic rings.